The van der Waals surface area contributed by atoms with E-state index in [4.69, 9.17) is 15.6 Å². The minimum Gasteiger partial charge on any atom is -0.399 e. The van der Waals surface area contributed by atoms with Crippen LogP contribution in [0.1, 0.15) is 6.23 Å². The van der Waals surface area contributed by atoms with Crippen LogP contribution in [0.3, 0.4) is 0 Å². The van der Waals surface area contributed by atoms with Crippen LogP contribution in [0.2, 0.25) is 0 Å². The van der Waals surface area contributed by atoms with Crippen molar-refractivity contribution in [1.29, 1.82) is 0 Å². The van der Waals surface area contributed by atoms with Gasteiger partial charge in [-0.1, -0.05) is 0 Å². The van der Waals surface area contributed by atoms with Gasteiger partial charge in [-0.3, -0.25) is 9.36 Å². The molecular formula is C9H12N2O3S. The third kappa shape index (κ3) is 2.17. The first-order chi connectivity index (χ1) is 7.20. The summed E-state index contributed by atoms with van der Waals surface area (Å²) in [6, 6.07) is 3.02. The van der Waals surface area contributed by atoms with Gasteiger partial charge in [0.05, 0.1) is 6.61 Å². The van der Waals surface area contributed by atoms with Crippen LogP contribution in [0.4, 0.5) is 5.69 Å². The summed E-state index contributed by atoms with van der Waals surface area (Å²) in [5.74, 6) is 0.662. The molecule has 1 fully saturated rings. The van der Waals surface area contributed by atoms with Crippen molar-refractivity contribution in [3.05, 3.63) is 28.7 Å². The molecule has 1 unspecified atom stereocenters. The molecule has 3 N–H and O–H groups in total. The first-order valence-corrected chi connectivity index (χ1v) is 5.61. The summed E-state index contributed by atoms with van der Waals surface area (Å²) in [5.41, 5.74) is 5.51. The maximum atomic E-state index is 11.6. The molecule has 1 saturated heterocycles. The molecule has 0 aliphatic carbocycles. The number of aromatic nitrogens is 1. The average molecular weight is 228 g/mol. The van der Waals surface area contributed by atoms with Crippen LogP contribution in [-0.2, 0) is 4.74 Å². The molecule has 1 aliphatic heterocycles. The fraction of sp³-hybridized carbons (Fsp3) is 0.444. The van der Waals surface area contributed by atoms with E-state index in [0.717, 1.165) is 0 Å². The molecule has 2 heterocycles. The Labute approximate surface area is 90.8 Å². The third-order valence-electron chi connectivity index (χ3n) is 2.17. The van der Waals surface area contributed by atoms with E-state index in [2.05, 4.69) is 0 Å². The van der Waals surface area contributed by atoms with Crippen molar-refractivity contribution in [2.45, 2.75) is 11.7 Å². The Kier molecular flexibility index (Phi) is 2.99. The van der Waals surface area contributed by atoms with Gasteiger partial charge in [0.15, 0.2) is 0 Å². The van der Waals surface area contributed by atoms with Crippen LogP contribution in [0, 0.1) is 0 Å². The van der Waals surface area contributed by atoms with Crippen molar-refractivity contribution in [2.75, 3.05) is 18.1 Å². The molecule has 1 aromatic heterocycles. The smallest absolute Gasteiger partial charge is 0.254 e. The minimum absolute atomic E-state index is 0.0368. The van der Waals surface area contributed by atoms with E-state index in [0.29, 0.717) is 11.4 Å². The number of nitrogen functional groups attached to an aromatic ring is 1. The molecular weight excluding hydrogens is 216 g/mol. The standard InChI is InChI=1S/C9H12N2O3S/c10-6-1-2-11(7(13)3-6)8-5-15-9(4-12)14-8/h1-3,8-9,12H,4-5,10H2/t8-,9?/m0/s1. The molecule has 82 valence electrons. The fourth-order valence-electron chi connectivity index (χ4n) is 1.43. The van der Waals surface area contributed by atoms with Crippen molar-refractivity contribution >= 4 is 17.4 Å². The molecule has 0 aromatic carbocycles. The van der Waals surface area contributed by atoms with Crippen molar-refractivity contribution < 1.29 is 9.84 Å². The first kappa shape index (κ1) is 10.5. The van der Waals surface area contributed by atoms with Gasteiger partial charge < -0.3 is 15.6 Å². The molecule has 15 heavy (non-hydrogen) atoms. The number of ether oxygens (including phenoxy) is 1. The predicted molar refractivity (Wildman–Crippen MR) is 58.6 cm³/mol. The van der Waals surface area contributed by atoms with Crippen LogP contribution in [0.5, 0.6) is 0 Å². The summed E-state index contributed by atoms with van der Waals surface area (Å²) in [6.45, 7) is -0.0368. The number of nitrogens with two attached hydrogens (primary N) is 1. The molecule has 0 spiro atoms. The third-order valence-corrected chi connectivity index (χ3v) is 3.27. The lowest BCUT2D eigenvalue weighted by atomic mass is 10.4. The molecule has 2 atom stereocenters. The lowest BCUT2D eigenvalue weighted by Crippen LogP contribution is -2.25. The maximum Gasteiger partial charge on any atom is 0.254 e. The van der Waals surface area contributed by atoms with Gasteiger partial charge in [-0.2, -0.15) is 0 Å². The van der Waals surface area contributed by atoms with Crippen LogP contribution in [-0.4, -0.2) is 27.5 Å². The van der Waals surface area contributed by atoms with E-state index >= 15 is 0 Å². The monoisotopic (exact) mass is 228 g/mol. The number of aliphatic hydroxyl groups is 1. The Bertz CT molecular complexity index is 407. The molecule has 0 bridgehead atoms. The number of pyridine rings is 1. The van der Waals surface area contributed by atoms with Gasteiger partial charge in [-0.25, -0.2) is 0 Å². The van der Waals surface area contributed by atoms with E-state index in [1.165, 1.54) is 22.4 Å². The Balaban J connectivity index is 2.20. The first-order valence-electron chi connectivity index (χ1n) is 4.56. The number of thioether (sulfide) groups is 1. The molecule has 1 aliphatic rings. The second-order valence-electron chi connectivity index (χ2n) is 3.24. The highest BCUT2D eigenvalue weighted by Gasteiger charge is 2.26. The number of anilines is 1. The summed E-state index contributed by atoms with van der Waals surface area (Å²) in [4.78, 5) is 11.6. The lowest BCUT2D eigenvalue weighted by Gasteiger charge is -2.13. The second kappa shape index (κ2) is 4.26. The van der Waals surface area contributed by atoms with Gasteiger partial charge in [0.2, 0.25) is 0 Å². The normalized spacial score (nSPS) is 25.7. The SMILES string of the molecule is Nc1ccn([C@@H]2CSC(CO)O2)c(=O)c1. The largest absolute Gasteiger partial charge is 0.399 e. The van der Waals surface area contributed by atoms with Gasteiger partial charge >= 0.3 is 0 Å². The van der Waals surface area contributed by atoms with Crippen molar-refractivity contribution in [3.8, 4) is 0 Å². The quantitative estimate of drug-likeness (QED) is 0.745. The zero-order valence-electron chi connectivity index (χ0n) is 8.00. The highest BCUT2D eigenvalue weighted by Crippen LogP contribution is 2.30. The van der Waals surface area contributed by atoms with E-state index in [-0.39, 0.29) is 23.8 Å². The number of nitrogens with zero attached hydrogens (tertiary/aromatic N) is 1. The highest BCUT2D eigenvalue weighted by molar-refractivity contribution is 8.00. The summed E-state index contributed by atoms with van der Waals surface area (Å²) in [7, 11) is 0. The number of aliphatic hydroxyl groups excluding tert-OH is 1. The Morgan fingerprint density at radius 3 is 3.13 bits per heavy atom. The van der Waals surface area contributed by atoms with Gasteiger partial charge in [-0.15, -0.1) is 11.8 Å². The molecule has 0 saturated carbocycles. The zero-order valence-corrected chi connectivity index (χ0v) is 8.81. The van der Waals surface area contributed by atoms with Crippen LogP contribution in [0.15, 0.2) is 23.1 Å². The summed E-state index contributed by atoms with van der Waals surface area (Å²) < 4.78 is 6.94. The van der Waals surface area contributed by atoms with Crippen LogP contribution in [0.25, 0.3) is 0 Å². The highest BCUT2D eigenvalue weighted by atomic mass is 32.2. The van der Waals surface area contributed by atoms with Gasteiger partial charge in [0, 0.05) is 23.7 Å². The van der Waals surface area contributed by atoms with Gasteiger partial charge in [0.1, 0.15) is 11.7 Å². The van der Waals surface area contributed by atoms with E-state index < -0.39 is 0 Å². The fourth-order valence-corrected chi connectivity index (χ4v) is 2.36. The molecule has 1 aromatic rings. The zero-order chi connectivity index (χ0) is 10.8. The van der Waals surface area contributed by atoms with E-state index in [1.807, 2.05) is 0 Å². The number of hydrogen-bond acceptors (Lipinski definition) is 5. The molecule has 6 heteroatoms. The number of hydrogen-bond donors (Lipinski definition) is 2. The van der Waals surface area contributed by atoms with Crippen LogP contribution >= 0.6 is 11.8 Å². The molecule has 0 amide bonds. The van der Waals surface area contributed by atoms with E-state index in [1.54, 1.807) is 12.3 Å². The van der Waals surface area contributed by atoms with Gasteiger partial charge in [-0.05, 0) is 6.07 Å². The van der Waals surface area contributed by atoms with Crippen LogP contribution < -0.4 is 11.3 Å². The van der Waals surface area contributed by atoms with E-state index in [9.17, 15) is 4.79 Å². The Hall–Kier alpha value is -0.980. The Morgan fingerprint density at radius 2 is 2.53 bits per heavy atom. The lowest BCUT2D eigenvalue weighted by molar-refractivity contribution is -0.00561. The summed E-state index contributed by atoms with van der Waals surface area (Å²) in [6.07, 6.45) is 1.31. The second-order valence-corrected chi connectivity index (χ2v) is 4.43. The summed E-state index contributed by atoms with van der Waals surface area (Å²) >= 11 is 1.50. The molecule has 2 rings (SSSR count). The topological polar surface area (TPSA) is 77.5 Å². The van der Waals surface area contributed by atoms with Crippen molar-refractivity contribution in [2.24, 2.45) is 0 Å². The van der Waals surface area contributed by atoms with Crippen molar-refractivity contribution in [1.82, 2.24) is 4.57 Å². The number of rotatable bonds is 2. The molecule has 5 nitrogen and oxygen atoms in total. The Morgan fingerprint density at radius 1 is 1.73 bits per heavy atom. The van der Waals surface area contributed by atoms with Gasteiger partial charge in [0.25, 0.3) is 5.56 Å². The minimum atomic E-state index is -0.305. The average Bonchev–Trinajstić information content (AvgIpc) is 2.66. The summed E-state index contributed by atoms with van der Waals surface area (Å²) in [5, 5.41) is 8.89. The van der Waals surface area contributed by atoms with Crippen molar-refractivity contribution in [3.63, 3.8) is 0 Å². The predicted octanol–water partition coefficient (Wildman–Crippen LogP) is 0.0109. The molecule has 0 radical (unpaired) electrons. The maximum absolute atomic E-state index is 11.6.